The van der Waals surface area contributed by atoms with Gasteiger partial charge in [0.05, 0.1) is 17.0 Å². The number of nitrogens with one attached hydrogen (secondary N) is 1. The van der Waals surface area contributed by atoms with Crippen LogP contribution >= 0.6 is 11.3 Å². The van der Waals surface area contributed by atoms with E-state index in [1.165, 1.54) is 4.88 Å². The smallest absolute Gasteiger partial charge is 0.223 e. The van der Waals surface area contributed by atoms with Gasteiger partial charge in [-0.2, -0.15) is 0 Å². The van der Waals surface area contributed by atoms with Crippen LogP contribution in [-0.4, -0.2) is 37.4 Å². The summed E-state index contributed by atoms with van der Waals surface area (Å²) >= 11 is 1.69. The van der Waals surface area contributed by atoms with E-state index in [0.717, 1.165) is 52.9 Å². The predicted octanol–water partition coefficient (Wildman–Crippen LogP) is 2.49. The van der Waals surface area contributed by atoms with Crippen LogP contribution in [0.2, 0.25) is 0 Å². The molecule has 1 unspecified atom stereocenters. The van der Waals surface area contributed by atoms with E-state index in [-0.39, 0.29) is 11.8 Å². The molecule has 3 aromatic heterocycles. The van der Waals surface area contributed by atoms with E-state index >= 15 is 0 Å². The highest BCUT2D eigenvalue weighted by atomic mass is 32.1. The Hall–Kier alpha value is -2.55. The average molecular weight is 401 g/mol. The first-order valence-corrected chi connectivity index (χ1v) is 10.4. The molecule has 3 aromatic rings. The number of rotatable bonds is 6. The Labute approximate surface area is 167 Å². The van der Waals surface area contributed by atoms with Gasteiger partial charge < -0.3 is 14.4 Å². The predicted molar refractivity (Wildman–Crippen MR) is 105 cm³/mol. The molecule has 1 aliphatic rings. The zero-order valence-electron chi connectivity index (χ0n) is 16.4. The average Bonchev–Trinajstić information content (AvgIpc) is 3.39. The minimum Gasteiger partial charge on any atom is -0.361 e. The van der Waals surface area contributed by atoms with Gasteiger partial charge in [-0.25, -0.2) is 4.98 Å². The van der Waals surface area contributed by atoms with E-state index in [1.54, 1.807) is 17.7 Å². The second kappa shape index (κ2) is 7.83. The van der Waals surface area contributed by atoms with Crippen LogP contribution in [0.3, 0.4) is 0 Å². The number of carbonyl (C=O) groups is 1. The molecule has 0 saturated heterocycles. The molecule has 0 fully saturated rings. The van der Waals surface area contributed by atoms with Gasteiger partial charge >= 0.3 is 0 Å². The lowest BCUT2D eigenvalue weighted by Gasteiger charge is -2.20. The zero-order chi connectivity index (χ0) is 19.7. The molecule has 9 heteroatoms. The zero-order valence-corrected chi connectivity index (χ0v) is 17.2. The van der Waals surface area contributed by atoms with Gasteiger partial charge in [-0.05, 0) is 33.6 Å². The summed E-state index contributed by atoms with van der Waals surface area (Å²) in [6.45, 7) is 7.30. The molecular formula is C19H24N6O2S. The Balaban J connectivity index is 1.38. The second-order valence-corrected chi connectivity index (χ2v) is 8.19. The fraction of sp³-hybridized carbons (Fsp3) is 0.526. The van der Waals surface area contributed by atoms with Gasteiger partial charge in [-0.15, -0.1) is 21.5 Å². The Bertz CT molecular complexity index is 969. The highest BCUT2D eigenvalue weighted by molar-refractivity contribution is 7.15. The van der Waals surface area contributed by atoms with E-state index in [2.05, 4.69) is 27.6 Å². The van der Waals surface area contributed by atoms with Crippen molar-refractivity contribution in [2.75, 3.05) is 6.54 Å². The van der Waals surface area contributed by atoms with Crippen molar-refractivity contribution in [3.8, 4) is 10.6 Å². The third kappa shape index (κ3) is 3.58. The van der Waals surface area contributed by atoms with E-state index in [9.17, 15) is 4.79 Å². The van der Waals surface area contributed by atoms with E-state index < -0.39 is 0 Å². The summed E-state index contributed by atoms with van der Waals surface area (Å²) in [4.78, 5) is 18.7. The number of hydrogen-bond acceptors (Lipinski definition) is 7. The highest BCUT2D eigenvalue weighted by Crippen LogP contribution is 2.36. The number of carbonyl (C=O) groups excluding carboxylic acids is 1. The summed E-state index contributed by atoms with van der Waals surface area (Å²) in [5, 5.41) is 16.1. The minimum atomic E-state index is -0.0313. The molecule has 0 aromatic carbocycles. The molecule has 0 aliphatic heterocycles. The third-order valence-corrected chi connectivity index (χ3v) is 6.42. The number of hydrogen-bond donors (Lipinski definition) is 1. The lowest BCUT2D eigenvalue weighted by atomic mass is 9.90. The first kappa shape index (κ1) is 18.8. The number of aromatic nitrogens is 5. The van der Waals surface area contributed by atoms with Crippen LogP contribution in [0.5, 0.6) is 0 Å². The number of aryl methyl sites for hydroxylation is 4. The molecule has 4 rings (SSSR count). The first-order chi connectivity index (χ1) is 13.6. The Morgan fingerprint density at radius 2 is 2.29 bits per heavy atom. The SMILES string of the molecule is CCn1cnnc1CCNC(=O)C1CCc2sc(-c3c(C)noc3C)nc2C1. The van der Waals surface area contributed by atoms with Gasteiger partial charge in [0.1, 0.15) is 22.9 Å². The summed E-state index contributed by atoms with van der Waals surface area (Å²) in [6.07, 6.45) is 4.83. The summed E-state index contributed by atoms with van der Waals surface area (Å²) in [7, 11) is 0. The van der Waals surface area contributed by atoms with Crippen molar-refractivity contribution in [1.82, 2.24) is 30.2 Å². The molecule has 28 heavy (non-hydrogen) atoms. The van der Waals surface area contributed by atoms with Crippen LogP contribution < -0.4 is 5.32 Å². The highest BCUT2D eigenvalue weighted by Gasteiger charge is 2.28. The van der Waals surface area contributed by atoms with Crippen molar-refractivity contribution >= 4 is 17.2 Å². The molecule has 1 N–H and O–H groups in total. The van der Waals surface area contributed by atoms with Crippen molar-refractivity contribution in [1.29, 1.82) is 0 Å². The van der Waals surface area contributed by atoms with Gasteiger partial charge in [0.2, 0.25) is 5.91 Å². The van der Waals surface area contributed by atoms with Crippen molar-refractivity contribution in [3.63, 3.8) is 0 Å². The largest absolute Gasteiger partial charge is 0.361 e. The van der Waals surface area contributed by atoms with E-state index in [4.69, 9.17) is 9.51 Å². The summed E-state index contributed by atoms with van der Waals surface area (Å²) in [5.74, 6) is 1.76. The topological polar surface area (TPSA) is 98.7 Å². The van der Waals surface area contributed by atoms with E-state index in [0.29, 0.717) is 19.4 Å². The van der Waals surface area contributed by atoms with Gasteiger partial charge in [0.15, 0.2) is 0 Å². The normalized spacial score (nSPS) is 16.2. The van der Waals surface area contributed by atoms with Crippen molar-refractivity contribution in [3.05, 3.63) is 34.2 Å². The number of fused-ring (bicyclic) bond motifs is 1. The lowest BCUT2D eigenvalue weighted by molar-refractivity contribution is -0.125. The quantitative estimate of drug-likeness (QED) is 0.682. The maximum atomic E-state index is 12.6. The molecule has 0 saturated carbocycles. The Morgan fingerprint density at radius 1 is 1.43 bits per heavy atom. The molecule has 0 radical (unpaired) electrons. The van der Waals surface area contributed by atoms with Crippen molar-refractivity contribution < 1.29 is 9.32 Å². The maximum Gasteiger partial charge on any atom is 0.223 e. The minimum absolute atomic E-state index is 0.0313. The summed E-state index contributed by atoms with van der Waals surface area (Å²) < 4.78 is 7.26. The summed E-state index contributed by atoms with van der Waals surface area (Å²) in [6, 6.07) is 0. The van der Waals surface area contributed by atoms with Crippen LogP contribution in [-0.2, 0) is 30.6 Å². The standard InChI is InChI=1S/C19H24N6O2S/c1-4-25-10-21-23-16(25)7-8-20-18(26)13-5-6-15-14(9-13)22-19(28-15)17-11(2)24-27-12(17)3/h10,13H,4-9H2,1-3H3,(H,20,26). The maximum absolute atomic E-state index is 12.6. The molecule has 148 valence electrons. The van der Waals surface area contributed by atoms with Crippen molar-refractivity contribution in [2.24, 2.45) is 5.92 Å². The number of amides is 1. The number of nitrogens with zero attached hydrogens (tertiary/aromatic N) is 5. The van der Waals surface area contributed by atoms with Crippen LogP contribution in [0.4, 0.5) is 0 Å². The Morgan fingerprint density at radius 3 is 3.04 bits per heavy atom. The van der Waals surface area contributed by atoms with Crippen LogP contribution in [0, 0.1) is 19.8 Å². The summed E-state index contributed by atoms with van der Waals surface area (Å²) in [5.41, 5.74) is 2.88. The third-order valence-electron chi connectivity index (χ3n) is 5.24. The van der Waals surface area contributed by atoms with Gasteiger partial charge in [-0.3, -0.25) is 4.79 Å². The molecule has 0 spiro atoms. The molecule has 1 aliphatic carbocycles. The molecule has 8 nitrogen and oxygen atoms in total. The Kier molecular flexibility index (Phi) is 5.25. The van der Waals surface area contributed by atoms with Gasteiger partial charge in [-0.1, -0.05) is 5.16 Å². The van der Waals surface area contributed by atoms with E-state index in [1.807, 2.05) is 18.4 Å². The van der Waals surface area contributed by atoms with Crippen LogP contribution in [0.25, 0.3) is 10.6 Å². The molecular weight excluding hydrogens is 376 g/mol. The fourth-order valence-electron chi connectivity index (χ4n) is 3.68. The molecule has 1 amide bonds. The second-order valence-electron chi connectivity index (χ2n) is 7.10. The van der Waals surface area contributed by atoms with Crippen LogP contribution in [0.15, 0.2) is 10.9 Å². The monoisotopic (exact) mass is 400 g/mol. The fourth-order valence-corrected chi connectivity index (χ4v) is 4.93. The van der Waals surface area contributed by atoms with Gasteiger partial charge in [0, 0.05) is 36.7 Å². The molecule has 1 atom stereocenters. The van der Waals surface area contributed by atoms with Crippen LogP contribution in [0.1, 0.15) is 41.2 Å². The lowest BCUT2D eigenvalue weighted by Crippen LogP contribution is -2.35. The molecule has 3 heterocycles. The van der Waals surface area contributed by atoms with Crippen molar-refractivity contribution in [2.45, 2.75) is 53.0 Å². The first-order valence-electron chi connectivity index (χ1n) is 9.63. The number of thiazole rings is 1. The van der Waals surface area contributed by atoms with Gasteiger partial charge in [0.25, 0.3) is 0 Å². The molecule has 0 bridgehead atoms.